The summed E-state index contributed by atoms with van der Waals surface area (Å²) in [6, 6.07) is 26.7. The molecule has 18 nitrogen and oxygen atoms in total. The molecule has 2 aliphatic rings. The summed E-state index contributed by atoms with van der Waals surface area (Å²) in [7, 11) is 0. The number of hydrogen-bond acceptors (Lipinski definition) is 14. The summed E-state index contributed by atoms with van der Waals surface area (Å²) in [5, 5.41) is 16.3. The van der Waals surface area contributed by atoms with Crippen molar-refractivity contribution in [3.63, 3.8) is 0 Å². The van der Waals surface area contributed by atoms with E-state index in [1.165, 1.54) is 11.6 Å². The predicted octanol–water partition coefficient (Wildman–Crippen LogP) is 5.05. The monoisotopic (exact) mass is 919 g/mol. The van der Waals surface area contributed by atoms with Crippen molar-refractivity contribution in [3.05, 3.63) is 147 Å². The summed E-state index contributed by atoms with van der Waals surface area (Å²) >= 11 is 0.974. The Hall–Kier alpha value is -7.54. The van der Waals surface area contributed by atoms with Gasteiger partial charge in [-0.25, -0.2) is 14.6 Å². The highest BCUT2D eigenvalue weighted by molar-refractivity contribution is 7.14. The van der Waals surface area contributed by atoms with Crippen molar-refractivity contribution >= 4 is 52.0 Å². The molecule has 0 unspecified atom stereocenters. The Bertz CT molecular complexity index is 2610. The zero-order chi connectivity index (χ0) is 46.7. The van der Waals surface area contributed by atoms with Crippen molar-refractivity contribution in [1.82, 2.24) is 25.7 Å². The van der Waals surface area contributed by atoms with Gasteiger partial charge in [0.05, 0.1) is 12.2 Å². The number of ether oxygens (including phenoxy) is 3. The number of esters is 1. The first kappa shape index (κ1) is 46.5. The molecule has 0 radical (unpaired) electrons. The predicted molar refractivity (Wildman–Crippen MR) is 241 cm³/mol. The number of pyridine rings is 1. The average molecular weight is 920 g/mol. The van der Waals surface area contributed by atoms with Crippen LogP contribution < -0.4 is 36.3 Å². The molecule has 344 valence electrons. The van der Waals surface area contributed by atoms with Gasteiger partial charge in [0, 0.05) is 30.8 Å². The van der Waals surface area contributed by atoms with Crippen LogP contribution in [0.3, 0.4) is 0 Å². The lowest BCUT2D eigenvalue weighted by Gasteiger charge is -2.37. The molecule has 1 saturated heterocycles. The van der Waals surface area contributed by atoms with Crippen LogP contribution in [0, 0.1) is 0 Å². The van der Waals surface area contributed by atoms with E-state index in [0.717, 1.165) is 38.8 Å². The van der Waals surface area contributed by atoms with Gasteiger partial charge in [-0.1, -0.05) is 96.2 Å². The smallest absolute Gasteiger partial charge is 0.413 e. The van der Waals surface area contributed by atoms with Gasteiger partial charge in [-0.3, -0.25) is 24.5 Å². The number of hydrogen-bond donors (Lipinski definition) is 4. The molecule has 19 heteroatoms. The number of rotatable bonds is 18. The van der Waals surface area contributed by atoms with E-state index in [1.54, 1.807) is 20.8 Å². The first-order valence-electron chi connectivity index (χ1n) is 21.2. The van der Waals surface area contributed by atoms with Gasteiger partial charge in [-0.15, -0.1) is 11.3 Å². The lowest BCUT2D eigenvalue weighted by Crippen LogP contribution is -2.72. The van der Waals surface area contributed by atoms with Crippen molar-refractivity contribution in [2.75, 3.05) is 11.9 Å². The Labute approximate surface area is 383 Å². The van der Waals surface area contributed by atoms with Gasteiger partial charge in [0.25, 0.3) is 11.8 Å². The highest BCUT2D eigenvalue weighted by atomic mass is 32.1. The van der Waals surface area contributed by atoms with Crippen LogP contribution in [-0.4, -0.2) is 75.0 Å². The van der Waals surface area contributed by atoms with E-state index in [0.29, 0.717) is 12.8 Å². The number of aromatic nitrogens is 2. The van der Waals surface area contributed by atoms with Gasteiger partial charge in [0.1, 0.15) is 42.9 Å². The normalized spacial score (nSPS) is 16.5. The second-order valence-corrected chi connectivity index (χ2v) is 17.3. The number of amides is 4. The number of anilines is 1. The third kappa shape index (κ3) is 12.2. The van der Waals surface area contributed by atoms with Crippen LogP contribution in [-0.2, 0) is 48.5 Å². The van der Waals surface area contributed by atoms with Crippen molar-refractivity contribution in [3.8, 4) is 5.75 Å². The maximum atomic E-state index is 14.1. The highest BCUT2D eigenvalue weighted by Gasteiger charge is 2.47. The number of oxime groups is 1. The van der Waals surface area contributed by atoms with Crippen molar-refractivity contribution < 1.29 is 47.9 Å². The molecule has 3 aromatic carbocycles. The molecule has 3 heterocycles. The Morgan fingerprint density at radius 2 is 1.50 bits per heavy atom. The van der Waals surface area contributed by atoms with E-state index in [2.05, 4.69) is 31.4 Å². The van der Waals surface area contributed by atoms with Crippen LogP contribution in [0.4, 0.5) is 9.93 Å². The Morgan fingerprint density at radius 3 is 2.12 bits per heavy atom. The van der Waals surface area contributed by atoms with Crippen molar-refractivity contribution in [1.29, 1.82) is 0 Å². The molecule has 5 aromatic rings. The Balaban J connectivity index is 1.07. The van der Waals surface area contributed by atoms with Crippen LogP contribution in [0.25, 0.3) is 0 Å². The van der Waals surface area contributed by atoms with Crippen LogP contribution >= 0.6 is 11.3 Å². The molecule has 7 rings (SSSR count). The van der Waals surface area contributed by atoms with Gasteiger partial charge >= 0.3 is 12.1 Å². The molecule has 1 aliphatic heterocycles. The molecule has 0 spiro atoms. The summed E-state index contributed by atoms with van der Waals surface area (Å²) in [4.78, 5) is 96.5. The number of nitrogens with one attached hydrogen (secondary N) is 4. The molecule has 4 amide bonds. The fourth-order valence-electron chi connectivity index (χ4n) is 6.92. The van der Waals surface area contributed by atoms with E-state index in [9.17, 15) is 28.8 Å². The van der Waals surface area contributed by atoms with Gasteiger partial charge in [-0.2, -0.15) is 4.73 Å². The summed E-state index contributed by atoms with van der Waals surface area (Å²) < 4.78 is 18.0. The number of nitrogens with zero attached hydrogens (tertiary/aromatic N) is 3. The largest absolute Gasteiger partial charge is 0.483 e. The minimum atomic E-state index is -1.51. The third-order valence-corrected chi connectivity index (χ3v) is 11.1. The van der Waals surface area contributed by atoms with Crippen LogP contribution in [0.15, 0.2) is 119 Å². The van der Waals surface area contributed by atoms with E-state index < -0.39 is 64.2 Å². The zero-order valence-corrected chi connectivity index (χ0v) is 37.3. The minimum absolute atomic E-state index is 0.00438. The minimum Gasteiger partial charge on any atom is -0.483 e. The van der Waals surface area contributed by atoms with E-state index in [4.69, 9.17) is 23.9 Å². The number of carbonyl (C=O) groups is 5. The number of benzene rings is 3. The number of thiazole rings is 1. The molecular formula is C47H49N7O11S. The molecule has 1 saturated carbocycles. The van der Waals surface area contributed by atoms with Crippen molar-refractivity contribution in [2.24, 2.45) is 5.16 Å². The number of β-lactam (4-membered cyclic amide) rings is 1. The lowest BCUT2D eigenvalue weighted by molar-refractivity contribution is -0.173. The molecule has 2 aromatic heterocycles. The molecule has 0 bridgehead atoms. The summed E-state index contributed by atoms with van der Waals surface area (Å²) in [6.45, 7) is 5.06. The average Bonchev–Trinajstić information content (AvgIpc) is 3.99. The summed E-state index contributed by atoms with van der Waals surface area (Å²) in [5.74, 6) is -2.88. The van der Waals surface area contributed by atoms with Gasteiger partial charge < -0.3 is 39.8 Å². The topological polar surface area (TPSA) is 227 Å². The molecule has 2 fully saturated rings. The quantitative estimate of drug-likeness (QED) is 0.0392. The van der Waals surface area contributed by atoms with Crippen LogP contribution in [0.2, 0.25) is 0 Å². The molecular weight excluding hydrogens is 871 g/mol. The Morgan fingerprint density at radius 1 is 0.879 bits per heavy atom. The van der Waals surface area contributed by atoms with Crippen molar-refractivity contribution in [2.45, 2.75) is 89.6 Å². The highest BCUT2D eigenvalue weighted by Crippen LogP contribution is 2.35. The van der Waals surface area contributed by atoms with E-state index in [-0.39, 0.29) is 61.5 Å². The SMILES string of the molecule is CC(C)(C)OC(=O)Nc1nc(/C(=N/OC2(C(=O)OCc3ccccc3)CCCC2)C(=O)N[C@@H]2C(=O)N[C@@H]2CNC(=O)c2cc(=O)c(OCc3ccccc3)cn2OCc2ccccc2)cs1. The fraction of sp³-hybridized carbons (Fsp3) is 0.319. The molecule has 66 heavy (non-hydrogen) atoms. The maximum absolute atomic E-state index is 14.1. The lowest BCUT2D eigenvalue weighted by atomic mass is 9.98. The second kappa shape index (κ2) is 21.0. The van der Waals surface area contributed by atoms with Gasteiger partial charge in [0.15, 0.2) is 16.6 Å². The third-order valence-electron chi connectivity index (χ3n) is 10.3. The van der Waals surface area contributed by atoms with E-state index in [1.807, 2.05) is 91.0 Å². The van der Waals surface area contributed by atoms with Crippen LogP contribution in [0.1, 0.15) is 79.3 Å². The molecule has 4 N–H and O–H groups in total. The van der Waals surface area contributed by atoms with Gasteiger partial charge in [0.2, 0.25) is 16.9 Å². The summed E-state index contributed by atoms with van der Waals surface area (Å²) in [5.41, 5.74) is -1.06. The first-order chi connectivity index (χ1) is 31.7. The van der Waals surface area contributed by atoms with Gasteiger partial charge in [-0.05, 0) is 50.3 Å². The molecule has 2 atom stereocenters. The fourth-order valence-corrected chi connectivity index (χ4v) is 7.60. The first-order valence-corrected chi connectivity index (χ1v) is 22.1. The standard InChI is InChI=1S/C47H49N7O11S/c1-46(2,3)64-45(60)52-44-50-34(29-66-44)39(53-65-47(21-13-14-22-47)43(59)62-27-31-17-9-5-10-18-31)42(58)51-38-33(49-41(38)57)24-48-40(56)35-23-36(55)37(61-26-30-15-7-4-8-16-30)25-54(35)63-28-32-19-11-6-12-20-32/h4-12,15-20,23,25,29,33,38H,13-14,21-22,24,26-28H2,1-3H3,(H,48,56)(H,49,57)(H,51,58)(H,50,52,60)/b53-39-/t33-,38+/m1/s1. The second-order valence-electron chi connectivity index (χ2n) is 16.5. The maximum Gasteiger partial charge on any atom is 0.413 e. The van der Waals surface area contributed by atoms with Crippen LogP contribution in [0.5, 0.6) is 5.75 Å². The zero-order valence-electron chi connectivity index (χ0n) is 36.4. The Kier molecular flexibility index (Phi) is 14.8. The molecule has 1 aliphatic carbocycles. The number of carbonyl (C=O) groups excluding carboxylic acids is 5. The van der Waals surface area contributed by atoms with E-state index >= 15 is 0 Å². The summed E-state index contributed by atoms with van der Waals surface area (Å²) in [6.07, 6.45) is 2.32.